The number of halogens is 1. The molecule has 0 bridgehead atoms. The number of amides is 2. The standard InChI is InChI=1S/C30H33ClN4O6S/c1-22-6-13-26(14-7-22)42(38,39)35(27-18-24(31)10-15-28(27)40-2)20-29(36)33-32-19-23-8-11-25(12-9-23)41-21-30(37)34-16-4-3-5-17-34/h6-15,18-19H,3-5,16-17,20-21H2,1-2H3,(H,33,36)/b32-19-. The van der Waals surface area contributed by atoms with Crippen LogP contribution < -0.4 is 19.2 Å². The minimum absolute atomic E-state index is 0.00590. The number of rotatable bonds is 11. The second-order valence-corrected chi connectivity index (χ2v) is 12.0. The Balaban J connectivity index is 1.42. The molecule has 0 atom stereocenters. The van der Waals surface area contributed by atoms with Crippen LogP contribution in [0.2, 0.25) is 5.02 Å². The highest BCUT2D eigenvalue weighted by atomic mass is 35.5. The topological polar surface area (TPSA) is 118 Å². The number of hydrogen-bond acceptors (Lipinski definition) is 7. The van der Waals surface area contributed by atoms with Gasteiger partial charge in [-0.2, -0.15) is 5.10 Å². The van der Waals surface area contributed by atoms with E-state index in [0.717, 1.165) is 42.2 Å². The Bertz CT molecular complexity index is 1520. The van der Waals surface area contributed by atoms with Crippen LogP contribution in [0.4, 0.5) is 5.69 Å². The zero-order valence-electron chi connectivity index (χ0n) is 23.5. The van der Waals surface area contributed by atoms with Gasteiger partial charge in [0.25, 0.3) is 21.8 Å². The number of ether oxygens (including phenoxy) is 2. The van der Waals surface area contributed by atoms with Crippen molar-refractivity contribution in [2.75, 3.05) is 37.7 Å². The van der Waals surface area contributed by atoms with Crippen LogP contribution in [0.3, 0.4) is 0 Å². The summed E-state index contributed by atoms with van der Waals surface area (Å²) in [7, 11) is -2.78. The highest BCUT2D eigenvalue weighted by Gasteiger charge is 2.29. The van der Waals surface area contributed by atoms with Gasteiger partial charge in [0.05, 0.1) is 23.9 Å². The first kappa shape index (κ1) is 30.9. The molecule has 42 heavy (non-hydrogen) atoms. The van der Waals surface area contributed by atoms with Crippen LogP contribution >= 0.6 is 11.6 Å². The Morgan fingerprint density at radius 2 is 1.71 bits per heavy atom. The van der Waals surface area contributed by atoms with E-state index in [-0.39, 0.29) is 33.9 Å². The number of sulfonamides is 1. The SMILES string of the molecule is COc1ccc(Cl)cc1N(CC(=O)N/N=C\c1ccc(OCC(=O)N2CCCCC2)cc1)S(=O)(=O)c1ccc(C)cc1. The van der Waals surface area contributed by atoms with Crippen LogP contribution in [0, 0.1) is 6.92 Å². The van der Waals surface area contributed by atoms with E-state index in [4.69, 9.17) is 21.1 Å². The van der Waals surface area contributed by atoms with Gasteiger partial charge in [-0.1, -0.05) is 29.3 Å². The summed E-state index contributed by atoms with van der Waals surface area (Å²) in [4.78, 5) is 27.0. The van der Waals surface area contributed by atoms with Gasteiger partial charge in [-0.3, -0.25) is 13.9 Å². The first-order valence-corrected chi connectivity index (χ1v) is 15.2. The van der Waals surface area contributed by atoms with Crippen LogP contribution in [0.5, 0.6) is 11.5 Å². The number of piperidine rings is 1. The minimum Gasteiger partial charge on any atom is -0.495 e. The van der Waals surface area contributed by atoms with Crippen LogP contribution in [-0.2, 0) is 19.6 Å². The van der Waals surface area contributed by atoms with Gasteiger partial charge in [0.2, 0.25) is 0 Å². The van der Waals surface area contributed by atoms with Crippen molar-refractivity contribution in [1.29, 1.82) is 0 Å². The van der Waals surface area contributed by atoms with Gasteiger partial charge in [0, 0.05) is 18.1 Å². The van der Waals surface area contributed by atoms with Crippen LogP contribution in [0.25, 0.3) is 0 Å². The largest absolute Gasteiger partial charge is 0.495 e. The predicted octanol–water partition coefficient (Wildman–Crippen LogP) is 4.39. The van der Waals surface area contributed by atoms with Gasteiger partial charge >= 0.3 is 0 Å². The average Bonchev–Trinajstić information content (AvgIpc) is 3.00. The van der Waals surface area contributed by atoms with Crippen molar-refractivity contribution in [3.63, 3.8) is 0 Å². The molecule has 3 aromatic carbocycles. The summed E-state index contributed by atoms with van der Waals surface area (Å²) >= 11 is 6.18. The smallest absolute Gasteiger partial charge is 0.264 e. The third-order valence-corrected chi connectivity index (χ3v) is 8.67. The molecule has 1 aliphatic heterocycles. The first-order chi connectivity index (χ1) is 20.2. The summed E-state index contributed by atoms with van der Waals surface area (Å²) < 4.78 is 39.2. The van der Waals surface area contributed by atoms with Crippen molar-refractivity contribution in [1.82, 2.24) is 10.3 Å². The van der Waals surface area contributed by atoms with Crippen LogP contribution in [0.15, 0.2) is 76.7 Å². The molecule has 0 spiro atoms. The molecule has 3 aromatic rings. The average molecular weight is 613 g/mol. The normalized spacial score (nSPS) is 13.5. The van der Waals surface area contributed by atoms with Crippen molar-refractivity contribution in [3.05, 3.63) is 82.9 Å². The van der Waals surface area contributed by atoms with Crippen molar-refractivity contribution < 1.29 is 27.5 Å². The lowest BCUT2D eigenvalue weighted by Gasteiger charge is -2.26. The molecule has 0 aromatic heterocycles. The summed E-state index contributed by atoms with van der Waals surface area (Å²) in [6.45, 7) is 2.78. The molecule has 0 unspecified atom stereocenters. The highest BCUT2D eigenvalue weighted by Crippen LogP contribution is 2.34. The summed E-state index contributed by atoms with van der Waals surface area (Å²) in [6, 6.07) is 17.7. The van der Waals surface area contributed by atoms with Gasteiger partial charge in [0.1, 0.15) is 18.0 Å². The molecule has 1 N–H and O–H groups in total. The predicted molar refractivity (Wildman–Crippen MR) is 162 cm³/mol. The van der Waals surface area contributed by atoms with E-state index in [2.05, 4.69) is 10.5 Å². The van der Waals surface area contributed by atoms with Crippen molar-refractivity contribution >= 4 is 45.3 Å². The van der Waals surface area contributed by atoms with Crippen molar-refractivity contribution in [3.8, 4) is 11.5 Å². The number of hydrazone groups is 1. The number of carbonyl (C=O) groups is 2. The van der Waals surface area contributed by atoms with E-state index in [1.54, 1.807) is 42.5 Å². The molecule has 0 saturated carbocycles. The number of likely N-dealkylation sites (tertiary alicyclic amines) is 1. The Hall–Kier alpha value is -4.09. The third-order valence-electron chi connectivity index (χ3n) is 6.66. The number of hydrogen-bond donors (Lipinski definition) is 1. The first-order valence-electron chi connectivity index (χ1n) is 13.4. The Morgan fingerprint density at radius 1 is 1.02 bits per heavy atom. The molecule has 12 heteroatoms. The summed E-state index contributed by atoms with van der Waals surface area (Å²) in [5, 5.41) is 4.25. The van der Waals surface area contributed by atoms with E-state index in [1.165, 1.54) is 37.6 Å². The number of nitrogens with one attached hydrogen (secondary N) is 1. The summed E-state index contributed by atoms with van der Waals surface area (Å²) in [5.74, 6) is 0.0531. The number of carbonyl (C=O) groups excluding carboxylic acids is 2. The monoisotopic (exact) mass is 612 g/mol. The van der Waals surface area contributed by atoms with Crippen molar-refractivity contribution in [2.24, 2.45) is 5.10 Å². The second-order valence-electron chi connectivity index (χ2n) is 9.73. The van der Waals surface area contributed by atoms with Gasteiger partial charge in [-0.15, -0.1) is 0 Å². The molecule has 1 heterocycles. The number of nitrogens with zero attached hydrogens (tertiary/aromatic N) is 3. The van der Waals surface area contributed by atoms with E-state index in [1.807, 2.05) is 11.8 Å². The van der Waals surface area contributed by atoms with Gasteiger partial charge in [0.15, 0.2) is 6.61 Å². The lowest BCUT2D eigenvalue weighted by molar-refractivity contribution is -0.134. The molecule has 2 amide bonds. The number of aryl methyl sites for hydroxylation is 1. The van der Waals surface area contributed by atoms with Crippen molar-refractivity contribution in [2.45, 2.75) is 31.1 Å². The summed E-state index contributed by atoms with van der Waals surface area (Å²) in [6.07, 6.45) is 4.60. The van der Waals surface area contributed by atoms with E-state index >= 15 is 0 Å². The Morgan fingerprint density at radius 3 is 2.38 bits per heavy atom. The number of methoxy groups -OCH3 is 1. The molecule has 1 aliphatic rings. The van der Waals surface area contributed by atoms with Gasteiger partial charge < -0.3 is 14.4 Å². The maximum atomic E-state index is 13.6. The molecule has 1 saturated heterocycles. The zero-order valence-corrected chi connectivity index (χ0v) is 25.0. The fourth-order valence-electron chi connectivity index (χ4n) is 4.37. The third kappa shape index (κ3) is 8.01. The zero-order chi connectivity index (χ0) is 30.1. The summed E-state index contributed by atoms with van der Waals surface area (Å²) in [5.41, 5.74) is 4.03. The fraction of sp³-hybridized carbons (Fsp3) is 0.300. The maximum absolute atomic E-state index is 13.6. The molecular weight excluding hydrogens is 580 g/mol. The van der Waals surface area contributed by atoms with E-state index in [0.29, 0.717) is 11.3 Å². The second kappa shape index (κ2) is 14.2. The molecule has 4 rings (SSSR count). The van der Waals surface area contributed by atoms with Crippen LogP contribution in [0.1, 0.15) is 30.4 Å². The molecule has 222 valence electrons. The Labute approximate surface area is 250 Å². The van der Waals surface area contributed by atoms with Gasteiger partial charge in [-0.05, 0) is 86.3 Å². The van der Waals surface area contributed by atoms with Crippen LogP contribution in [-0.4, -0.2) is 64.7 Å². The molecule has 1 fully saturated rings. The minimum atomic E-state index is -4.18. The molecule has 0 radical (unpaired) electrons. The van der Waals surface area contributed by atoms with E-state index < -0.39 is 22.5 Å². The molecule has 10 nitrogen and oxygen atoms in total. The maximum Gasteiger partial charge on any atom is 0.264 e. The highest BCUT2D eigenvalue weighted by molar-refractivity contribution is 7.92. The Kier molecular flexibility index (Phi) is 10.4. The lowest BCUT2D eigenvalue weighted by Crippen LogP contribution is -2.39. The molecular formula is C30H33ClN4O6S. The number of anilines is 1. The molecule has 0 aliphatic carbocycles. The van der Waals surface area contributed by atoms with E-state index in [9.17, 15) is 18.0 Å². The number of benzene rings is 3. The lowest BCUT2D eigenvalue weighted by atomic mass is 10.1. The quantitative estimate of drug-likeness (QED) is 0.253. The van der Waals surface area contributed by atoms with Gasteiger partial charge in [-0.25, -0.2) is 13.8 Å². The fourth-order valence-corrected chi connectivity index (χ4v) is 5.96.